The van der Waals surface area contributed by atoms with E-state index in [1.807, 2.05) is 34.9 Å². The normalized spacial score (nSPS) is 21.5. The fourth-order valence-electron chi connectivity index (χ4n) is 5.23. The van der Waals surface area contributed by atoms with Crippen LogP contribution in [0.15, 0.2) is 49.6 Å². The van der Waals surface area contributed by atoms with E-state index < -0.39 is 60.1 Å². The van der Waals surface area contributed by atoms with Crippen molar-refractivity contribution >= 4 is 29.0 Å². The van der Waals surface area contributed by atoms with Crippen LogP contribution < -0.4 is 26.0 Å². The highest BCUT2D eigenvalue weighted by molar-refractivity contribution is 5.86. The molecule has 256 valence electrons. The van der Waals surface area contributed by atoms with Crippen LogP contribution in [0.25, 0.3) is 11.2 Å². The summed E-state index contributed by atoms with van der Waals surface area (Å²) in [6.45, 7) is 9.11. The minimum atomic E-state index is -1.31. The van der Waals surface area contributed by atoms with Crippen molar-refractivity contribution in [3.8, 4) is 5.75 Å². The van der Waals surface area contributed by atoms with E-state index in [1.54, 1.807) is 42.4 Å². The fraction of sp³-hybridized carbons (Fsp3) is 0.531. The lowest BCUT2D eigenvalue weighted by Gasteiger charge is -2.39. The number of hydrogen-bond acceptors (Lipinski definition) is 12. The summed E-state index contributed by atoms with van der Waals surface area (Å²) >= 11 is 0. The molecule has 0 bridgehead atoms. The van der Waals surface area contributed by atoms with E-state index in [0.29, 0.717) is 29.2 Å². The van der Waals surface area contributed by atoms with Crippen LogP contribution in [-0.4, -0.2) is 106 Å². The van der Waals surface area contributed by atoms with Crippen LogP contribution >= 0.6 is 0 Å². The zero-order chi connectivity index (χ0) is 34.5. The Kier molecular flexibility index (Phi) is 11.1. The molecule has 1 unspecified atom stereocenters. The number of aliphatic hydroxyl groups excluding tert-OH is 2. The Morgan fingerprint density at radius 1 is 1.21 bits per heavy atom. The second kappa shape index (κ2) is 14.6. The molecule has 0 spiro atoms. The molecule has 15 heteroatoms. The second-order valence-corrected chi connectivity index (χ2v) is 12.7. The number of aromatic nitrogens is 4. The van der Waals surface area contributed by atoms with E-state index in [4.69, 9.17) is 19.9 Å². The van der Waals surface area contributed by atoms with Crippen molar-refractivity contribution in [1.29, 1.82) is 0 Å². The van der Waals surface area contributed by atoms with Gasteiger partial charge >= 0.3 is 6.09 Å². The quantitative estimate of drug-likeness (QED) is 0.156. The molecule has 47 heavy (non-hydrogen) atoms. The third kappa shape index (κ3) is 7.81. The van der Waals surface area contributed by atoms with Gasteiger partial charge in [0.05, 0.1) is 32.7 Å². The standard InChI is InChI=1S/C32H46N8O7/c1-8-31(2,3)32(4,33)13-14-46-30(44)37-21(15-19-9-11-20(45-7)12-10-19)28(43)38-23-22(16-41)47-29(25(23)42)40-18-36-24-26(39(5)6)34-17-35-27(24)40/h8-12,17-18,21-23,25,29,41-42H,1,13-16,33H2,2-7H3,(H,37,44)(H,38,43)/t21-,22+,23+,25+,29+,32?/m0/s1. The first kappa shape index (κ1) is 35.5. The summed E-state index contributed by atoms with van der Waals surface area (Å²) in [5.41, 5.74) is 6.97. The number of nitrogens with zero attached hydrogens (tertiary/aromatic N) is 5. The number of amides is 2. The molecule has 1 saturated heterocycles. The second-order valence-electron chi connectivity index (χ2n) is 12.7. The predicted octanol–water partition coefficient (Wildman–Crippen LogP) is 1.29. The molecule has 4 rings (SSSR count). The topological polar surface area (TPSA) is 199 Å². The molecule has 2 amide bonds. The van der Waals surface area contributed by atoms with Crippen LogP contribution in [0.5, 0.6) is 5.75 Å². The van der Waals surface area contributed by atoms with Crippen LogP contribution in [0.2, 0.25) is 0 Å². The Morgan fingerprint density at radius 2 is 1.91 bits per heavy atom. The largest absolute Gasteiger partial charge is 0.497 e. The summed E-state index contributed by atoms with van der Waals surface area (Å²) < 4.78 is 18.2. The van der Waals surface area contributed by atoms with Gasteiger partial charge in [0.15, 0.2) is 23.2 Å². The molecule has 0 radical (unpaired) electrons. The number of carbonyl (C=O) groups excluding carboxylic acids is 2. The minimum absolute atomic E-state index is 0.00831. The number of carbonyl (C=O) groups is 2. The third-order valence-electron chi connectivity index (χ3n) is 8.95. The van der Waals surface area contributed by atoms with Gasteiger partial charge in [-0.25, -0.2) is 19.7 Å². The molecule has 6 N–H and O–H groups in total. The number of imidazole rings is 1. The summed E-state index contributed by atoms with van der Waals surface area (Å²) in [4.78, 5) is 41.5. The zero-order valence-electron chi connectivity index (χ0n) is 27.7. The van der Waals surface area contributed by atoms with Gasteiger partial charge < -0.3 is 45.7 Å². The molecule has 0 aliphatic carbocycles. The molecule has 1 aliphatic rings. The molecular formula is C32H46N8O7. The monoisotopic (exact) mass is 654 g/mol. The van der Waals surface area contributed by atoms with Gasteiger partial charge in [-0.05, 0) is 24.6 Å². The number of fused-ring (bicyclic) bond motifs is 1. The summed E-state index contributed by atoms with van der Waals surface area (Å²) in [5, 5.41) is 27.0. The number of aliphatic hydroxyl groups is 2. The number of ether oxygens (including phenoxy) is 3. The Bertz CT molecular complexity index is 1540. The highest BCUT2D eigenvalue weighted by Crippen LogP contribution is 2.33. The van der Waals surface area contributed by atoms with E-state index in [0.717, 1.165) is 5.56 Å². The van der Waals surface area contributed by atoms with E-state index in [-0.39, 0.29) is 13.0 Å². The molecule has 15 nitrogen and oxygen atoms in total. The average Bonchev–Trinajstić information content (AvgIpc) is 3.60. The molecule has 3 aromatic rings. The van der Waals surface area contributed by atoms with Crippen molar-refractivity contribution in [1.82, 2.24) is 30.2 Å². The Balaban J connectivity index is 1.51. The molecular weight excluding hydrogens is 608 g/mol. The first-order valence-electron chi connectivity index (χ1n) is 15.3. The number of benzene rings is 1. The van der Waals surface area contributed by atoms with Crippen LogP contribution in [0.1, 0.15) is 39.0 Å². The highest BCUT2D eigenvalue weighted by atomic mass is 16.6. The fourth-order valence-corrected chi connectivity index (χ4v) is 5.23. The first-order chi connectivity index (χ1) is 22.2. The molecule has 6 atom stereocenters. The van der Waals surface area contributed by atoms with E-state index >= 15 is 0 Å². The van der Waals surface area contributed by atoms with E-state index in [9.17, 15) is 19.8 Å². The molecule has 3 heterocycles. The number of methoxy groups -OCH3 is 1. The van der Waals surface area contributed by atoms with Gasteiger partial charge in [0, 0.05) is 37.9 Å². The summed E-state index contributed by atoms with van der Waals surface area (Å²) in [5.74, 6) is 0.589. The predicted molar refractivity (Wildman–Crippen MR) is 175 cm³/mol. The molecule has 0 saturated carbocycles. The maximum atomic E-state index is 13.8. The SMILES string of the molecule is C=CC(C)(C)C(C)(N)CCOC(=O)N[C@@H](Cc1ccc(OC)cc1)C(=O)N[C@H]1[C@@H](O)[C@H](n2cnc3c(N(C)C)ncnc32)O[C@@H]1CO. The number of nitrogens with one attached hydrogen (secondary N) is 2. The Labute approximate surface area is 274 Å². The van der Waals surface area contributed by atoms with Gasteiger partial charge in [-0.2, -0.15) is 0 Å². The van der Waals surface area contributed by atoms with Crippen LogP contribution in [0.4, 0.5) is 10.6 Å². The lowest BCUT2D eigenvalue weighted by Crippen LogP contribution is -2.55. The summed E-state index contributed by atoms with van der Waals surface area (Å²) in [7, 11) is 5.19. The van der Waals surface area contributed by atoms with Crippen LogP contribution in [0, 0.1) is 5.41 Å². The van der Waals surface area contributed by atoms with Crippen molar-refractivity contribution < 1.29 is 34.0 Å². The van der Waals surface area contributed by atoms with Gasteiger partial charge in [-0.15, -0.1) is 6.58 Å². The van der Waals surface area contributed by atoms with Gasteiger partial charge in [-0.1, -0.05) is 32.1 Å². The van der Waals surface area contributed by atoms with Crippen molar-refractivity contribution in [3.63, 3.8) is 0 Å². The number of anilines is 1. The zero-order valence-corrected chi connectivity index (χ0v) is 27.7. The maximum Gasteiger partial charge on any atom is 0.407 e. The minimum Gasteiger partial charge on any atom is -0.497 e. The van der Waals surface area contributed by atoms with Crippen LogP contribution in [0.3, 0.4) is 0 Å². The maximum absolute atomic E-state index is 13.8. The smallest absolute Gasteiger partial charge is 0.407 e. The molecule has 1 aromatic carbocycles. The first-order valence-corrected chi connectivity index (χ1v) is 15.3. The molecule has 1 fully saturated rings. The number of hydrogen-bond donors (Lipinski definition) is 5. The van der Waals surface area contributed by atoms with Gasteiger partial charge in [0.25, 0.3) is 0 Å². The van der Waals surface area contributed by atoms with Crippen molar-refractivity contribution in [2.24, 2.45) is 11.1 Å². The highest BCUT2D eigenvalue weighted by Gasteiger charge is 2.46. The van der Waals surface area contributed by atoms with E-state index in [1.165, 1.54) is 17.2 Å². The van der Waals surface area contributed by atoms with Crippen molar-refractivity contribution in [2.45, 2.75) is 69.7 Å². The molecule has 2 aromatic heterocycles. The van der Waals surface area contributed by atoms with Gasteiger partial charge in [-0.3, -0.25) is 9.36 Å². The third-order valence-corrected chi connectivity index (χ3v) is 8.95. The number of nitrogens with two attached hydrogens (primary N) is 1. The van der Waals surface area contributed by atoms with Crippen molar-refractivity contribution in [2.75, 3.05) is 39.3 Å². The number of alkyl carbamates (subject to hydrolysis) is 1. The lowest BCUT2D eigenvalue weighted by molar-refractivity contribution is -0.124. The lowest BCUT2D eigenvalue weighted by atomic mass is 9.72. The summed E-state index contributed by atoms with van der Waals surface area (Å²) in [6, 6.07) is 4.89. The van der Waals surface area contributed by atoms with E-state index in [2.05, 4.69) is 32.2 Å². The van der Waals surface area contributed by atoms with Crippen molar-refractivity contribution in [3.05, 3.63) is 55.1 Å². The molecule has 1 aliphatic heterocycles. The average molecular weight is 655 g/mol. The Morgan fingerprint density at radius 3 is 2.53 bits per heavy atom. The Hall–Kier alpha value is -4.31. The number of rotatable bonds is 14. The van der Waals surface area contributed by atoms with Crippen LogP contribution in [-0.2, 0) is 20.7 Å². The van der Waals surface area contributed by atoms with Gasteiger partial charge in [0.2, 0.25) is 5.91 Å². The summed E-state index contributed by atoms with van der Waals surface area (Å²) in [6.07, 6.45) is 0.917. The van der Waals surface area contributed by atoms with Gasteiger partial charge in [0.1, 0.15) is 30.3 Å².